The molecule has 4 nitrogen and oxygen atoms in total. The molecule has 0 bridgehead atoms. The van der Waals surface area contributed by atoms with E-state index in [0.29, 0.717) is 12.6 Å². The van der Waals surface area contributed by atoms with Crippen molar-refractivity contribution in [2.45, 2.75) is 19.9 Å². The molecule has 2 heterocycles. The van der Waals surface area contributed by atoms with Crippen LogP contribution in [0.4, 0.5) is 5.69 Å². The van der Waals surface area contributed by atoms with Crippen LogP contribution in [0.3, 0.4) is 0 Å². The molecular weight excluding hydrogens is 238 g/mol. The van der Waals surface area contributed by atoms with Crippen molar-refractivity contribution in [3.8, 4) is 0 Å². The molecule has 19 heavy (non-hydrogen) atoms. The van der Waals surface area contributed by atoms with Gasteiger partial charge >= 0.3 is 0 Å². The molecule has 1 N–H and O–H groups in total. The van der Waals surface area contributed by atoms with Gasteiger partial charge in [0.2, 0.25) is 5.91 Å². The van der Waals surface area contributed by atoms with Gasteiger partial charge in [0.05, 0.1) is 6.54 Å². The molecule has 2 saturated heterocycles. The van der Waals surface area contributed by atoms with Crippen molar-refractivity contribution in [1.82, 2.24) is 10.2 Å². The zero-order valence-corrected chi connectivity index (χ0v) is 11.6. The Morgan fingerprint density at radius 2 is 2.16 bits per heavy atom. The highest BCUT2D eigenvalue weighted by Crippen LogP contribution is 2.25. The van der Waals surface area contributed by atoms with Crippen molar-refractivity contribution < 1.29 is 4.79 Å². The fourth-order valence-electron chi connectivity index (χ4n) is 3.10. The molecule has 4 heteroatoms. The maximum absolute atomic E-state index is 12.4. The van der Waals surface area contributed by atoms with Crippen LogP contribution in [0.5, 0.6) is 0 Å². The second-order valence-electron chi connectivity index (χ2n) is 5.62. The summed E-state index contributed by atoms with van der Waals surface area (Å²) in [6.07, 6.45) is 0. The Hall–Kier alpha value is -1.39. The first-order chi connectivity index (χ1) is 9.15. The van der Waals surface area contributed by atoms with Gasteiger partial charge in [-0.2, -0.15) is 0 Å². The van der Waals surface area contributed by atoms with Gasteiger partial charge in [0, 0.05) is 37.9 Å². The lowest BCUT2D eigenvalue weighted by Crippen LogP contribution is -2.63. The number of amides is 1. The van der Waals surface area contributed by atoms with E-state index in [1.165, 1.54) is 11.1 Å². The van der Waals surface area contributed by atoms with Gasteiger partial charge in [-0.3, -0.25) is 9.69 Å². The molecule has 1 atom stereocenters. The van der Waals surface area contributed by atoms with Crippen LogP contribution < -0.4 is 10.2 Å². The fraction of sp³-hybridized carbons (Fsp3) is 0.533. The van der Waals surface area contributed by atoms with Crippen LogP contribution >= 0.6 is 0 Å². The van der Waals surface area contributed by atoms with Gasteiger partial charge in [-0.15, -0.1) is 0 Å². The lowest BCUT2D eigenvalue weighted by Gasteiger charge is -2.44. The van der Waals surface area contributed by atoms with Gasteiger partial charge in [0.1, 0.15) is 0 Å². The Bertz CT molecular complexity index is 500. The van der Waals surface area contributed by atoms with E-state index in [9.17, 15) is 4.79 Å². The summed E-state index contributed by atoms with van der Waals surface area (Å²) >= 11 is 0. The topological polar surface area (TPSA) is 35.6 Å². The maximum atomic E-state index is 12.4. The Balaban J connectivity index is 1.86. The second-order valence-corrected chi connectivity index (χ2v) is 5.62. The molecule has 1 unspecified atom stereocenters. The van der Waals surface area contributed by atoms with Crippen molar-refractivity contribution in [3.05, 3.63) is 29.3 Å². The number of aryl methyl sites for hydroxylation is 2. The highest BCUT2D eigenvalue weighted by molar-refractivity contribution is 5.96. The van der Waals surface area contributed by atoms with Crippen molar-refractivity contribution in [2.75, 3.05) is 37.6 Å². The molecule has 1 aromatic rings. The molecule has 2 aliphatic heterocycles. The average Bonchev–Trinajstić information content (AvgIpc) is 2.38. The number of fused-ring (bicyclic) bond motifs is 1. The van der Waals surface area contributed by atoms with Gasteiger partial charge in [0.25, 0.3) is 0 Å². The summed E-state index contributed by atoms with van der Waals surface area (Å²) in [5.74, 6) is 0.227. The molecule has 3 rings (SSSR count). The normalized spacial score (nSPS) is 24.4. The van der Waals surface area contributed by atoms with E-state index < -0.39 is 0 Å². The molecule has 0 aromatic heterocycles. The highest BCUT2D eigenvalue weighted by atomic mass is 16.2. The van der Waals surface area contributed by atoms with E-state index in [4.69, 9.17) is 0 Å². The van der Waals surface area contributed by atoms with Crippen molar-refractivity contribution >= 4 is 11.6 Å². The van der Waals surface area contributed by atoms with E-state index >= 15 is 0 Å². The fourth-order valence-corrected chi connectivity index (χ4v) is 3.10. The summed E-state index contributed by atoms with van der Waals surface area (Å²) in [6.45, 7) is 8.48. The molecule has 102 valence electrons. The minimum Gasteiger partial charge on any atom is -0.314 e. The van der Waals surface area contributed by atoms with Gasteiger partial charge < -0.3 is 10.2 Å². The molecule has 0 spiro atoms. The molecule has 2 fully saturated rings. The number of piperazine rings is 2. The van der Waals surface area contributed by atoms with Crippen LogP contribution in [-0.4, -0.2) is 49.6 Å². The van der Waals surface area contributed by atoms with Crippen LogP contribution in [0.15, 0.2) is 18.2 Å². The predicted octanol–water partition coefficient (Wildman–Crippen LogP) is 0.924. The number of hydrogen-bond donors (Lipinski definition) is 1. The van der Waals surface area contributed by atoms with E-state index in [-0.39, 0.29) is 5.91 Å². The predicted molar refractivity (Wildman–Crippen MR) is 76.5 cm³/mol. The van der Waals surface area contributed by atoms with Crippen LogP contribution in [-0.2, 0) is 4.79 Å². The number of anilines is 1. The summed E-state index contributed by atoms with van der Waals surface area (Å²) in [5, 5.41) is 3.41. The monoisotopic (exact) mass is 259 g/mol. The van der Waals surface area contributed by atoms with Crippen molar-refractivity contribution in [2.24, 2.45) is 0 Å². The van der Waals surface area contributed by atoms with E-state index in [0.717, 1.165) is 31.9 Å². The quantitative estimate of drug-likeness (QED) is 0.815. The molecule has 0 aliphatic carbocycles. The first-order valence-electron chi connectivity index (χ1n) is 6.97. The molecule has 2 aliphatic rings. The number of rotatable bonds is 1. The minimum atomic E-state index is 0.227. The van der Waals surface area contributed by atoms with Crippen LogP contribution in [0, 0.1) is 13.8 Å². The minimum absolute atomic E-state index is 0.227. The summed E-state index contributed by atoms with van der Waals surface area (Å²) < 4.78 is 0. The molecular formula is C15H21N3O. The van der Waals surface area contributed by atoms with Gasteiger partial charge in [-0.05, 0) is 25.5 Å². The summed E-state index contributed by atoms with van der Waals surface area (Å²) in [5.41, 5.74) is 3.50. The summed E-state index contributed by atoms with van der Waals surface area (Å²) in [4.78, 5) is 16.6. The Kier molecular flexibility index (Phi) is 3.29. The van der Waals surface area contributed by atoms with Crippen LogP contribution in [0.2, 0.25) is 0 Å². The maximum Gasteiger partial charge on any atom is 0.241 e. The van der Waals surface area contributed by atoms with E-state index in [1.807, 2.05) is 4.90 Å². The summed E-state index contributed by atoms with van der Waals surface area (Å²) in [6, 6.07) is 6.76. The van der Waals surface area contributed by atoms with E-state index in [2.05, 4.69) is 42.3 Å². The number of carbonyl (C=O) groups is 1. The number of carbonyl (C=O) groups excluding carboxylic acids is 1. The first kappa shape index (κ1) is 12.6. The number of benzene rings is 1. The smallest absolute Gasteiger partial charge is 0.241 e. The Morgan fingerprint density at radius 1 is 1.32 bits per heavy atom. The Labute approximate surface area is 114 Å². The van der Waals surface area contributed by atoms with Crippen LogP contribution in [0.25, 0.3) is 0 Å². The number of hydrogen-bond acceptors (Lipinski definition) is 3. The SMILES string of the molecule is Cc1ccc(N2CC3CNCCN3CC2=O)c(C)c1. The zero-order chi connectivity index (χ0) is 13.4. The molecule has 1 aromatic carbocycles. The number of nitrogens with one attached hydrogen (secondary N) is 1. The van der Waals surface area contributed by atoms with Crippen molar-refractivity contribution in [1.29, 1.82) is 0 Å². The largest absolute Gasteiger partial charge is 0.314 e. The van der Waals surface area contributed by atoms with Gasteiger partial charge in [-0.25, -0.2) is 0 Å². The third kappa shape index (κ3) is 2.38. The zero-order valence-electron chi connectivity index (χ0n) is 11.6. The molecule has 0 saturated carbocycles. The summed E-state index contributed by atoms with van der Waals surface area (Å²) in [7, 11) is 0. The lowest BCUT2D eigenvalue weighted by molar-refractivity contribution is -0.122. The lowest BCUT2D eigenvalue weighted by atomic mass is 10.1. The van der Waals surface area contributed by atoms with E-state index in [1.54, 1.807) is 0 Å². The Morgan fingerprint density at radius 3 is 2.95 bits per heavy atom. The standard InChI is InChI=1S/C15H21N3O/c1-11-3-4-14(12(2)7-11)18-9-13-8-16-5-6-17(13)10-15(18)19/h3-4,7,13,16H,5-6,8-10H2,1-2H3. The van der Waals surface area contributed by atoms with Crippen LogP contribution in [0.1, 0.15) is 11.1 Å². The highest BCUT2D eigenvalue weighted by Gasteiger charge is 2.34. The van der Waals surface area contributed by atoms with Crippen molar-refractivity contribution in [3.63, 3.8) is 0 Å². The van der Waals surface area contributed by atoms with Gasteiger partial charge in [-0.1, -0.05) is 17.7 Å². The second kappa shape index (κ2) is 4.94. The molecule has 1 amide bonds. The number of nitrogens with zero attached hydrogens (tertiary/aromatic N) is 2. The first-order valence-corrected chi connectivity index (χ1v) is 6.97. The third-order valence-corrected chi connectivity index (χ3v) is 4.15. The molecule has 0 radical (unpaired) electrons. The average molecular weight is 259 g/mol. The third-order valence-electron chi connectivity index (χ3n) is 4.15. The van der Waals surface area contributed by atoms with Gasteiger partial charge in [0.15, 0.2) is 0 Å².